The van der Waals surface area contributed by atoms with Crippen molar-refractivity contribution < 1.29 is 19.1 Å². The van der Waals surface area contributed by atoms with Crippen LogP contribution in [-0.4, -0.2) is 26.1 Å². The number of thiophene rings is 1. The van der Waals surface area contributed by atoms with Gasteiger partial charge in [-0.15, -0.1) is 11.3 Å². The van der Waals surface area contributed by atoms with Crippen molar-refractivity contribution >= 4 is 29.3 Å². The Bertz CT molecular complexity index is 710. The van der Waals surface area contributed by atoms with Crippen LogP contribution in [0.1, 0.15) is 22.9 Å². The molecule has 5 nitrogen and oxygen atoms in total. The first-order valence-electron chi connectivity index (χ1n) is 7.35. The first kappa shape index (κ1) is 17.7. The fourth-order valence-electron chi connectivity index (χ4n) is 2.10. The van der Waals surface area contributed by atoms with Gasteiger partial charge in [0.25, 0.3) is 0 Å². The number of methoxy groups -OCH3 is 2. The average molecular weight is 345 g/mol. The molecule has 0 spiro atoms. The summed E-state index contributed by atoms with van der Waals surface area (Å²) in [6.45, 7) is 0. The van der Waals surface area contributed by atoms with Crippen LogP contribution in [-0.2, 0) is 14.3 Å². The Hall–Kier alpha value is -2.60. The highest BCUT2D eigenvalue weighted by molar-refractivity contribution is 7.10. The van der Waals surface area contributed by atoms with Crippen LogP contribution in [0.25, 0.3) is 6.08 Å². The third-order valence-corrected chi connectivity index (χ3v) is 4.31. The summed E-state index contributed by atoms with van der Waals surface area (Å²) in [5.74, 6) is 0.0744. The van der Waals surface area contributed by atoms with Crippen LogP contribution >= 0.6 is 11.3 Å². The molecule has 0 saturated heterocycles. The zero-order chi connectivity index (χ0) is 17.4. The maximum atomic E-state index is 12.2. The monoisotopic (exact) mass is 345 g/mol. The van der Waals surface area contributed by atoms with Crippen molar-refractivity contribution in [3.05, 3.63) is 58.3 Å². The van der Waals surface area contributed by atoms with Crippen molar-refractivity contribution in [2.75, 3.05) is 14.2 Å². The van der Waals surface area contributed by atoms with Gasteiger partial charge in [0.15, 0.2) is 0 Å². The zero-order valence-corrected chi connectivity index (χ0v) is 14.3. The normalized spacial score (nSPS) is 11.9. The quantitative estimate of drug-likeness (QED) is 0.618. The predicted octanol–water partition coefficient (Wildman–Crippen LogP) is 3.19. The van der Waals surface area contributed by atoms with E-state index in [1.807, 2.05) is 41.8 Å². The largest absolute Gasteiger partial charge is 0.497 e. The fraction of sp³-hybridized carbons (Fsp3) is 0.222. The van der Waals surface area contributed by atoms with Crippen LogP contribution in [0, 0.1) is 0 Å². The van der Waals surface area contributed by atoms with Gasteiger partial charge in [-0.1, -0.05) is 18.2 Å². The molecule has 0 aliphatic carbocycles. The van der Waals surface area contributed by atoms with Crippen LogP contribution in [0.2, 0.25) is 0 Å². The molecule has 0 aliphatic rings. The minimum atomic E-state index is -0.403. The van der Waals surface area contributed by atoms with Crippen molar-refractivity contribution in [1.82, 2.24) is 5.32 Å². The lowest BCUT2D eigenvalue weighted by molar-refractivity contribution is -0.141. The summed E-state index contributed by atoms with van der Waals surface area (Å²) < 4.78 is 9.84. The minimum absolute atomic E-state index is 0.0930. The summed E-state index contributed by atoms with van der Waals surface area (Å²) in [6.07, 6.45) is 3.23. The Kier molecular flexibility index (Phi) is 6.57. The highest BCUT2D eigenvalue weighted by atomic mass is 32.1. The van der Waals surface area contributed by atoms with E-state index >= 15 is 0 Å². The Morgan fingerprint density at radius 1 is 1.25 bits per heavy atom. The molecular weight excluding hydrogens is 326 g/mol. The Morgan fingerprint density at radius 2 is 2.08 bits per heavy atom. The van der Waals surface area contributed by atoms with Gasteiger partial charge in [0.05, 0.1) is 26.7 Å². The Morgan fingerprint density at radius 3 is 2.75 bits per heavy atom. The molecule has 1 atom stereocenters. The molecule has 1 amide bonds. The van der Waals surface area contributed by atoms with Gasteiger partial charge in [0.1, 0.15) is 5.75 Å². The van der Waals surface area contributed by atoms with E-state index < -0.39 is 6.04 Å². The molecule has 24 heavy (non-hydrogen) atoms. The fourth-order valence-corrected chi connectivity index (χ4v) is 2.88. The summed E-state index contributed by atoms with van der Waals surface area (Å²) in [5, 5.41) is 4.74. The number of hydrogen-bond acceptors (Lipinski definition) is 5. The van der Waals surface area contributed by atoms with Crippen LogP contribution in [0.15, 0.2) is 47.9 Å². The molecule has 0 bridgehead atoms. The van der Waals surface area contributed by atoms with E-state index in [0.717, 1.165) is 16.2 Å². The smallest absolute Gasteiger partial charge is 0.307 e. The molecule has 0 saturated carbocycles. The van der Waals surface area contributed by atoms with E-state index in [1.165, 1.54) is 24.5 Å². The van der Waals surface area contributed by atoms with E-state index in [9.17, 15) is 9.59 Å². The molecule has 0 aliphatic heterocycles. The SMILES string of the molecule is COC(=O)CC(NC(=O)/C=C/c1cccc(OC)c1)c1cccs1. The Balaban J connectivity index is 2.04. The van der Waals surface area contributed by atoms with Gasteiger partial charge < -0.3 is 14.8 Å². The highest BCUT2D eigenvalue weighted by Crippen LogP contribution is 2.22. The summed E-state index contributed by atoms with van der Waals surface area (Å²) >= 11 is 1.48. The van der Waals surface area contributed by atoms with Crippen molar-refractivity contribution in [1.29, 1.82) is 0 Å². The van der Waals surface area contributed by atoms with Crippen LogP contribution in [0.3, 0.4) is 0 Å². The lowest BCUT2D eigenvalue weighted by Gasteiger charge is -2.15. The summed E-state index contributed by atoms with van der Waals surface area (Å²) in [5.41, 5.74) is 0.852. The van der Waals surface area contributed by atoms with Gasteiger partial charge in [-0.2, -0.15) is 0 Å². The van der Waals surface area contributed by atoms with Gasteiger partial charge >= 0.3 is 5.97 Å². The molecule has 1 N–H and O–H groups in total. The second kappa shape index (κ2) is 8.88. The highest BCUT2D eigenvalue weighted by Gasteiger charge is 2.18. The van der Waals surface area contributed by atoms with E-state index in [1.54, 1.807) is 13.2 Å². The number of hydrogen-bond donors (Lipinski definition) is 1. The van der Waals surface area contributed by atoms with E-state index in [-0.39, 0.29) is 18.3 Å². The number of benzene rings is 1. The number of nitrogens with one attached hydrogen (secondary N) is 1. The number of carbonyl (C=O) groups is 2. The van der Waals surface area contributed by atoms with Gasteiger partial charge in [-0.05, 0) is 35.2 Å². The molecule has 0 radical (unpaired) electrons. The number of ether oxygens (including phenoxy) is 2. The molecule has 0 fully saturated rings. The third kappa shape index (κ3) is 5.24. The van der Waals surface area contributed by atoms with Crippen LogP contribution < -0.4 is 10.1 Å². The molecule has 1 unspecified atom stereocenters. The zero-order valence-electron chi connectivity index (χ0n) is 13.5. The van der Waals surface area contributed by atoms with E-state index in [4.69, 9.17) is 9.47 Å². The van der Waals surface area contributed by atoms with Crippen molar-refractivity contribution in [3.8, 4) is 5.75 Å². The van der Waals surface area contributed by atoms with Crippen molar-refractivity contribution in [2.24, 2.45) is 0 Å². The predicted molar refractivity (Wildman–Crippen MR) is 93.9 cm³/mol. The van der Waals surface area contributed by atoms with Crippen LogP contribution in [0.5, 0.6) is 5.75 Å². The summed E-state index contributed by atoms with van der Waals surface area (Å²) in [4.78, 5) is 24.6. The number of amides is 1. The second-order valence-electron chi connectivity index (χ2n) is 4.97. The lowest BCUT2D eigenvalue weighted by atomic mass is 10.1. The third-order valence-electron chi connectivity index (χ3n) is 3.32. The van der Waals surface area contributed by atoms with Gasteiger partial charge in [0, 0.05) is 11.0 Å². The summed E-state index contributed by atoms with van der Waals surface area (Å²) in [7, 11) is 2.92. The molecule has 6 heteroatoms. The van der Waals surface area contributed by atoms with Gasteiger partial charge in [-0.25, -0.2) is 0 Å². The van der Waals surface area contributed by atoms with Gasteiger partial charge in [-0.3, -0.25) is 9.59 Å². The number of rotatable bonds is 7. The molecule has 126 valence electrons. The first-order chi connectivity index (χ1) is 11.6. The van der Waals surface area contributed by atoms with Crippen molar-refractivity contribution in [3.63, 3.8) is 0 Å². The van der Waals surface area contributed by atoms with Crippen molar-refractivity contribution in [2.45, 2.75) is 12.5 Å². The maximum Gasteiger partial charge on any atom is 0.307 e. The molecular formula is C18H19NO4S. The minimum Gasteiger partial charge on any atom is -0.497 e. The maximum absolute atomic E-state index is 12.2. The Labute approximate surface area is 144 Å². The molecule has 1 heterocycles. The first-order valence-corrected chi connectivity index (χ1v) is 8.23. The average Bonchev–Trinajstić information content (AvgIpc) is 3.14. The van der Waals surface area contributed by atoms with Gasteiger partial charge in [0.2, 0.25) is 5.91 Å². The second-order valence-corrected chi connectivity index (χ2v) is 5.95. The van der Waals surface area contributed by atoms with E-state index in [2.05, 4.69) is 5.32 Å². The molecule has 1 aromatic carbocycles. The van der Waals surface area contributed by atoms with E-state index in [0.29, 0.717) is 0 Å². The van der Waals surface area contributed by atoms with Crippen LogP contribution in [0.4, 0.5) is 0 Å². The molecule has 2 aromatic rings. The lowest BCUT2D eigenvalue weighted by Crippen LogP contribution is -2.28. The molecule has 2 rings (SSSR count). The molecule has 1 aromatic heterocycles. The standard InChI is InChI=1S/C18H19NO4S/c1-22-14-6-3-5-13(11-14)8-9-17(20)19-15(12-18(21)23-2)16-7-4-10-24-16/h3-11,15H,12H2,1-2H3,(H,19,20)/b9-8+. The summed E-state index contributed by atoms with van der Waals surface area (Å²) in [6, 6.07) is 10.7. The number of carbonyl (C=O) groups excluding carboxylic acids is 2. The number of esters is 1. The topological polar surface area (TPSA) is 64.6 Å².